The molecule has 0 amide bonds. The third-order valence-electron chi connectivity index (χ3n) is 4.69. The summed E-state index contributed by atoms with van der Waals surface area (Å²) in [7, 11) is -5.17. The van der Waals surface area contributed by atoms with Crippen LogP contribution in [-0.4, -0.2) is 75.0 Å². The second-order valence-corrected chi connectivity index (χ2v) is 8.50. The number of rotatable bonds is 6. The van der Waals surface area contributed by atoms with Crippen molar-refractivity contribution in [1.29, 1.82) is 0 Å². The van der Waals surface area contributed by atoms with Gasteiger partial charge in [-0.2, -0.15) is 0 Å². The summed E-state index contributed by atoms with van der Waals surface area (Å²) in [5.74, 6) is -0.210. The molecule has 1 aliphatic rings. The summed E-state index contributed by atoms with van der Waals surface area (Å²) >= 11 is 0. The Morgan fingerprint density at radius 3 is 2.19 bits per heavy atom. The van der Waals surface area contributed by atoms with Gasteiger partial charge in [0.25, 0.3) is 0 Å². The van der Waals surface area contributed by atoms with Crippen molar-refractivity contribution in [1.82, 2.24) is 0 Å². The van der Waals surface area contributed by atoms with Gasteiger partial charge in [-0.15, -0.1) is 0 Å². The zero-order chi connectivity index (χ0) is 22.8. The molecule has 0 spiro atoms. The molecule has 5 N–H and O–H groups in total. The standard InChI is InChI=1S/C20H22O10S.K/c21-10-16-17(24)18(25)19(31(26,27)28)20(30-16)29-15-8-12(7-14(23)9-15)2-1-11-3-5-13(22)6-4-11;/h1-9,16-25H,10H2,(H,26,27,28);/q;+1/p-1/b2-1+;. The van der Waals surface area contributed by atoms with Gasteiger partial charge in [-0.05, 0) is 35.4 Å². The SMILES string of the molecule is O=S(=O)([O-])C1C(Oc2cc(O)cc(/C=C/c3ccc(O)cc3)c2)OC(CO)C(O)C1O.[K+]. The van der Waals surface area contributed by atoms with Gasteiger partial charge in [0.15, 0.2) is 0 Å². The maximum absolute atomic E-state index is 11.6. The average Bonchev–Trinajstić information content (AvgIpc) is 2.69. The first kappa shape index (κ1) is 27.2. The van der Waals surface area contributed by atoms with E-state index in [1.165, 1.54) is 24.3 Å². The monoisotopic (exact) mass is 492 g/mol. The molecule has 12 heteroatoms. The Morgan fingerprint density at radius 2 is 1.59 bits per heavy atom. The van der Waals surface area contributed by atoms with E-state index < -0.39 is 46.6 Å². The van der Waals surface area contributed by atoms with E-state index in [-0.39, 0.29) is 68.6 Å². The third-order valence-corrected chi connectivity index (χ3v) is 5.85. The zero-order valence-corrected chi connectivity index (χ0v) is 20.9. The molecule has 0 bridgehead atoms. The summed E-state index contributed by atoms with van der Waals surface area (Å²) in [5, 5.41) is 46.4. The van der Waals surface area contributed by atoms with Crippen molar-refractivity contribution in [2.75, 3.05) is 6.61 Å². The fraction of sp³-hybridized carbons (Fsp3) is 0.300. The van der Waals surface area contributed by atoms with E-state index in [4.69, 9.17) is 9.47 Å². The zero-order valence-electron chi connectivity index (χ0n) is 17.0. The van der Waals surface area contributed by atoms with Gasteiger partial charge in [0, 0.05) is 6.07 Å². The Hall–Kier alpha value is -1.03. The summed E-state index contributed by atoms with van der Waals surface area (Å²) in [5.41, 5.74) is 1.19. The molecule has 0 saturated carbocycles. The molecule has 1 aliphatic heterocycles. The summed E-state index contributed by atoms with van der Waals surface area (Å²) in [6.45, 7) is -0.760. The number of aliphatic hydroxyl groups excluding tert-OH is 3. The van der Waals surface area contributed by atoms with Crippen molar-refractivity contribution in [3.63, 3.8) is 0 Å². The maximum Gasteiger partial charge on any atom is 1.00 e. The first-order chi connectivity index (χ1) is 14.6. The van der Waals surface area contributed by atoms with Crippen LogP contribution in [0, 0.1) is 0 Å². The van der Waals surface area contributed by atoms with Crippen LogP contribution in [0.4, 0.5) is 0 Å². The molecule has 32 heavy (non-hydrogen) atoms. The molecule has 168 valence electrons. The number of hydrogen-bond acceptors (Lipinski definition) is 10. The Kier molecular flexibility index (Phi) is 9.69. The normalized spacial score (nSPS) is 25.9. The van der Waals surface area contributed by atoms with Crippen LogP contribution in [0.15, 0.2) is 42.5 Å². The van der Waals surface area contributed by atoms with Crippen molar-refractivity contribution in [3.8, 4) is 17.2 Å². The molecule has 1 saturated heterocycles. The van der Waals surface area contributed by atoms with Gasteiger partial charge in [-0.25, -0.2) is 8.42 Å². The number of hydrogen-bond donors (Lipinski definition) is 5. The number of phenols is 2. The minimum atomic E-state index is -5.17. The first-order valence-corrected chi connectivity index (χ1v) is 10.6. The summed E-state index contributed by atoms with van der Waals surface area (Å²) in [4.78, 5) is 0. The van der Waals surface area contributed by atoms with Crippen molar-refractivity contribution in [3.05, 3.63) is 53.6 Å². The number of phenolic OH excluding ortho intramolecular Hbond substituents is 2. The maximum atomic E-state index is 11.6. The smallest absolute Gasteiger partial charge is 0.747 e. The Bertz CT molecular complexity index is 1040. The van der Waals surface area contributed by atoms with Crippen molar-refractivity contribution in [2.45, 2.75) is 29.9 Å². The molecular weight excluding hydrogens is 471 g/mol. The van der Waals surface area contributed by atoms with E-state index in [9.17, 15) is 38.5 Å². The molecule has 5 unspecified atom stereocenters. The van der Waals surface area contributed by atoms with Crippen LogP contribution < -0.4 is 56.1 Å². The topological polar surface area (TPSA) is 177 Å². The Morgan fingerprint density at radius 1 is 0.969 bits per heavy atom. The van der Waals surface area contributed by atoms with Crippen LogP contribution in [0.3, 0.4) is 0 Å². The van der Waals surface area contributed by atoms with Gasteiger partial charge in [0.2, 0.25) is 6.29 Å². The van der Waals surface area contributed by atoms with Crippen molar-refractivity contribution < 1.29 is 99.4 Å². The summed E-state index contributed by atoms with van der Waals surface area (Å²) in [6, 6.07) is 10.3. The minimum absolute atomic E-state index is 0. The van der Waals surface area contributed by atoms with Gasteiger partial charge in [0.05, 0.1) is 6.61 Å². The molecule has 3 rings (SSSR count). The van der Waals surface area contributed by atoms with Crippen LogP contribution in [-0.2, 0) is 14.9 Å². The van der Waals surface area contributed by atoms with Gasteiger partial charge in [0.1, 0.15) is 50.9 Å². The number of aromatic hydroxyl groups is 2. The van der Waals surface area contributed by atoms with Gasteiger partial charge in [-0.3, -0.25) is 0 Å². The summed E-state index contributed by atoms with van der Waals surface area (Å²) < 4.78 is 45.5. The van der Waals surface area contributed by atoms with Crippen molar-refractivity contribution in [2.24, 2.45) is 0 Å². The average molecular weight is 493 g/mol. The molecule has 0 radical (unpaired) electrons. The molecule has 2 aromatic carbocycles. The van der Waals surface area contributed by atoms with E-state index >= 15 is 0 Å². The predicted octanol–water partition coefficient (Wildman–Crippen LogP) is -3.00. The van der Waals surface area contributed by atoms with Crippen LogP contribution in [0.5, 0.6) is 17.2 Å². The van der Waals surface area contributed by atoms with Crippen LogP contribution >= 0.6 is 0 Å². The predicted molar refractivity (Wildman–Crippen MR) is 107 cm³/mol. The van der Waals surface area contributed by atoms with Crippen LogP contribution in [0.2, 0.25) is 0 Å². The van der Waals surface area contributed by atoms with E-state index in [0.717, 1.165) is 11.6 Å². The van der Waals surface area contributed by atoms with Gasteiger partial charge >= 0.3 is 51.4 Å². The molecule has 0 aliphatic carbocycles. The molecular formula is C20H21KO10S. The fourth-order valence-corrected chi connectivity index (χ4v) is 4.03. The number of aliphatic hydroxyl groups is 3. The first-order valence-electron chi connectivity index (χ1n) is 9.13. The largest absolute Gasteiger partial charge is 1.00 e. The Labute approximate surface area is 226 Å². The second-order valence-electron chi connectivity index (χ2n) is 6.97. The van der Waals surface area contributed by atoms with E-state index in [0.29, 0.717) is 5.56 Å². The van der Waals surface area contributed by atoms with E-state index in [1.807, 2.05) is 0 Å². The molecule has 2 aromatic rings. The fourth-order valence-electron chi connectivity index (χ4n) is 3.14. The molecule has 1 heterocycles. The second kappa shape index (κ2) is 11.4. The molecule has 10 nitrogen and oxygen atoms in total. The minimum Gasteiger partial charge on any atom is -0.747 e. The molecule has 1 fully saturated rings. The van der Waals surface area contributed by atoms with Gasteiger partial charge < -0.3 is 39.6 Å². The van der Waals surface area contributed by atoms with E-state index in [1.54, 1.807) is 24.3 Å². The van der Waals surface area contributed by atoms with Crippen LogP contribution in [0.25, 0.3) is 12.2 Å². The van der Waals surface area contributed by atoms with Crippen molar-refractivity contribution >= 4 is 22.3 Å². The number of ether oxygens (including phenoxy) is 2. The number of benzene rings is 2. The molecule has 5 atom stereocenters. The van der Waals surface area contributed by atoms with Gasteiger partial charge in [-0.1, -0.05) is 24.3 Å². The Balaban J connectivity index is 0.00000363. The van der Waals surface area contributed by atoms with Crippen LogP contribution in [0.1, 0.15) is 11.1 Å². The molecule has 0 aromatic heterocycles. The quantitative estimate of drug-likeness (QED) is 0.159. The van der Waals surface area contributed by atoms with E-state index in [2.05, 4.69) is 0 Å². The third kappa shape index (κ3) is 6.74. The summed E-state index contributed by atoms with van der Waals surface area (Å²) in [6.07, 6.45) is -3.80.